The number of fused-ring (bicyclic) bond motifs is 1. The van der Waals surface area contributed by atoms with Crippen LogP contribution < -0.4 is 5.32 Å². The fraction of sp³-hybridized carbons (Fsp3) is 0.571. The van der Waals surface area contributed by atoms with Gasteiger partial charge in [0, 0.05) is 18.2 Å². The first-order valence-corrected chi connectivity index (χ1v) is 6.54. The Bertz CT molecular complexity index is 424. The van der Waals surface area contributed by atoms with Crippen molar-refractivity contribution >= 4 is 0 Å². The van der Waals surface area contributed by atoms with E-state index in [4.69, 9.17) is 4.74 Å². The van der Waals surface area contributed by atoms with Crippen LogP contribution >= 0.6 is 0 Å². The quantitative estimate of drug-likeness (QED) is 0.831. The van der Waals surface area contributed by atoms with E-state index in [1.807, 2.05) is 0 Å². The first-order valence-electron chi connectivity index (χ1n) is 6.54. The van der Waals surface area contributed by atoms with Crippen LogP contribution in [0.1, 0.15) is 30.9 Å². The Morgan fingerprint density at radius 2 is 2.11 bits per heavy atom. The number of hydrogen-bond donors (Lipinski definition) is 1. The molecular formula is C14H17F2NO. The third-order valence-electron chi connectivity index (χ3n) is 4.06. The molecule has 1 aliphatic heterocycles. The summed E-state index contributed by atoms with van der Waals surface area (Å²) in [6.45, 7) is 1.19. The molecule has 1 aromatic rings. The molecule has 1 heterocycles. The largest absolute Gasteiger partial charge is 0.372 e. The molecule has 1 aromatic carbocycles. The Balaban J connectivity index is 1.79. The summed E-state index contributed by atoms with van der Waals surface area (Å²) in [4.78, 5) is 0. The Hall–Kier alpha value is -1.00. The summed E-state index contributed by atoms with van der Waals surface area (Å²) in [6.07, 6.45) is 3.17. The highest BCUT2D eigenvalue weighted by molar-refractivity contribution is 5.22. The molecule has 4 heteroatoms. The molecule has 0 aromatic heterocycles. The molecule has 0 radical (unpaired) electrons. The van der Waals surface area contributed by atoms with E-state index in [0.717, 1.165) is 18.9 Å². The van der Waals surface area contributed by atoms with Gasteiger partial charge in [0.1, 0.15) is 0 Å². The summed E-state index contributed by atoms with van der Waals surface area (Å²) < 4.78 is 32.7. The van der Waals surface area contributed by atoms with Gasteiger partial charge in [0.2, 0.25) is 0 Å². The fourth-order valence-electron chi connectivity index (χ4n) is 3.03. The first-order chi connectivity index (χ1) is 8.75. The van der Waals surface area contributed by atoms with Gasteiger partial charge >= 0.3 is 0 Å². The van der Waals surface area contributed by atoms with Crippen LogP contribution in [0.15, 0.2) is 18.2 Å². The lowest BCUT2D eigenvalue weighted by atomic mass is 10.1. The normalized spacial score (nSPS) is 32.0. The minimum absolute atomic E-state index is 0.322. The molecule has 98 valence electrons. The summed E-state index contributed by atoms with van der Waals surface area (Å²) >= 11 is 0. The van der Waals surface area contributed by atoms with Gasteiger partial charge in [-0.15, -0.1) is 0 Å². The van der Waals surface area contributed by atoms with Gasteiger partial charge in [-0.2, -0.15) is 0 Å². The molecule has 3 atom stereocenters. The van der Waals surface area contributed by atoms with Gasteiger partial charge in [0.15, 0.2) is 11.6 Å². The summed E-state index contributed by atoms with van der Waals surface area (Å²) in [7, 11) is 0. The van der Waals surface area contributed by atoms with Crippen LogP contribution in [0.3, 0.4) is 0 Å². The minimum atomic E-state index is -0.805. The molecule has 2 nitrogen and oxygen atoms in total. The van der Waals surface area contributed by atoms with Gasteiger partial charge in [-0.05, 0) is 24.8 Å². The van der Waals surface area contributed by atoms with Crippen LogP contribution in [-0.2, 0) is 4.74 Å². The standard InChI is InChI=1S/C14H17F2NO/c15-11-5-2-4-10(14(11)16)13-7-17-12-6-1-3-9(12)8-18-13/h2,4-5,9,12-13,17H,1,3,6-8H2. The molecule has 0 amide bonds. The monoisotopic (exact) mass is 253 g/mol. The maximum absolute atomic E-state index is 13.7. The van der Waals surface area contributed by atoms with Crippen molar-refractivity contribution in [2.75, 3.05) is 13.2 Å². The van der Waals surface area contributed by atoms with E-state index in [0.29, 0.717) is 30.7 Å². The third-order valence-corrected chi connectivity index (χ3v) is 4.06. The number of rotatable bonds is 1. The molecule has 1 saturated carbocycles. The molecule has 2 fully saturated rings. The van der Waals surface area contributed by atoms with Gasteiger partial charge in [0.05, 0.1) is 12.7 Å². The Kier molecular flexibility index (Phi) is 3.31. The molecule has 1 saturated heterocycles. The van der Waals surface area contributed by atoms with Crippen LogP contribution in [-0.4, -0.2) is 19.2 Å². The van der Waals surface area contributed by atoms with Gasteiger partial charge in [-0.25, -0.2) is 8.78 Å². The molecule has 0 spiro atoms. The number of ether oxygens (including phenoxy) is 1. The molecule has 2 aliphatic rings. The number of hydrogen-bond acceptors (Lipinski definition) is 2. The number of nitrogens with one attached hydrogen (secondary N) is 1. The van der Waals surface area contributed by atoms with Gasteiger partial charge in [-0.3, -0.25) is 0 Å². The van der Waals surface area contributed by atoms with Crippen LogP contribution in [0.2, 0.25) is 0 Å². The van der Waals surface area contributed by atoms with E-state index in [1.54, 1.807) is 6.07 Å². The Morgan fingerprint density at radius 1 is 1.22 bits per heavy atom. The predicted molar refractivity (Wildman–Crippen MR) is 64.2 cm³/mol. The minimum Gasteiger partial charge on any atom is -0.372 e. The van der Waals surface area contributed by atoms with E-state index in [9.17, 15) is 8.78 Å². The number of halogens is 2. The Morgan fingerprint density at radius 3 is 3.00 bits per heavy atom. The highest BCUT2D eigenvalue weighted by atomic mass is 19.2. The van der Waals surface area contributed by atoms with Crippen molar-refractivity contribution in [1.82, 2.24) is 5.32 Å². The van der Waals surface area contributed by atoms with E-state index >= 15 is 0 Å². The van der Waals surface area contributed by atoms with Crippen molar-refractivity contribution in [1.29, 1.82) is 0 Å². The second-order valence-electron chi connectivity index (χ2n) is 5.17. The fourth-order valence-corrected chi connectivity index (χ4v) is 3.03. The van der Waals surface area contributed by atoms with Gasteiger partial charge < -0.3 is 10.1 Å². The zero-order valence-corrected chi connectivity index (χ0v) is 10.2. The van der Waals surface area contributed by atoms with Crippen LogP contribution in [0.4, 0.5) is 8.78 Å². The summed E-state index contributed by atoms with van der Waals surface area (Å²) in [5, 5.41) is 3.42. The molecule has 3 unspecified atom stereocenters. The summed E-state index contributed by atoms with van der Waals surface area (Å²) in [5.74, 6) is -1.07. The summed E-state index contributed by atoms with van der Waals surface area (Å²) in [5.41, 5.74) is 0.322. The topological polar surface area (TPSA) is 21.3 Å². The van der Waals surface area contributed by atoms with E-state index in [2.05, 4.69) is 5.32 Å². The highest BCUT2D eigenvalue weighted by Crippen LogP contribution is 2.32. The van der Waals surface area contributed by atoms with E-state index in [-0.39, 0.29) is 6.10 Å². The average Bonchev–Trinajstić information content (AvgIpc) is 2.73. The van der Waals surface area contributed by atoms with Crippen molar-refractivity contribution in [2.24, 2.45) is 5.92 Å². The molecule has 0 bridgehead atoms. The lowest BCUT2D eigenvalue weighted by molar-refractivity contribution is 0.0448. The average molecular weight is 253 g/mol. The van der Waals surface area contributed by atoms with Crippen molar-refractivity contribution < 1.29 is 13.5 Å². The zero-order chi connectivity index (χ0) is 12.5. The van der Waals surface area contributed by atoms with Crippen LogP contribution in [0.25, 0.3) is 0 Å². The summed E-state index contributed by atoms with van der Waals surface area (Å²) in [6, 6.07) is 4.75. The number of benzene rings is 1. The van der Waals surface area contributed by atoms with E-state index < -0.39 is 11.6 Å². The SMILES string of the molecule is Fc1cccc(C2CNC3CCCC3CO2)c1F. The lowest BCUT2D eigenvalue weighted by Crippen LogP contribution is -2.32. The molecule has 1 aliphatic carbocycles. The van der Waals surface area contributed by atoms with Crippen molar-refractivity contribution in [3.63, 3.8) is 0 Å². The molecule has 18 heavy (non-hydrogen) atoms. The predicted octanol–water partition coefficient (Wildman–Crippen LogP) is 2.79. The molecular weight excluding hydrogens is 236 g/mol. The smallest absolute Gasteiger partial charge is 0.164 e. The molecule has 1 N–H and O–H groups in total. The maximum atomic E-state index is 13.7. The van der Waals surface area contributed by atoms with Crippen LogP contribution in [0.5, 0.6) is 0 Å². The Labute approximate surface area is 105 Å². The van der Waals surface area contributed by atoms with E-state index in [1.165, 1.54) is 12.5 Å². The van der Waals surface area contributed by atoms with Crippen LogP contribution in [0, 0.1) is 17.6 Å². The third kappa shape index (κ3) is 2.15. The molecule has 3 rings (SSSR count). The zero-order valence-electron chi connectivity index (χ0n) is 10.2. The second kappa shape index (κ2) is 4.94. The van der Waals surface area contributed by atoms with Crippen molar-refractivity contribution in [3.8, 4) is 0 Å². The highest BCUT2D eigenvalue weighted by Gasteiger charge is 2.32. The van der Waals surface area contributed by atoms with Gasteiger partial charge in [-0.1, -0.05) is 18.6 Å². The maximum Gasteiger partial charge on any atom is 0.164 e. The van der Waals surface area contributed by atoms with Gasteiger partial charge in [0.25, 0.3) is 0 Å². The van der Waals surface area contributed by atoms with Crippen molar-refractivity contribution in [3.05, 3.63) is 35.4 Å². The lowest BCUT2D eigenvalue weighted by Gasteiger charge is -2.17. The van der Waals surface area contributed by atoms with Crippen molar-refractivity contribution in [2.45, 2.75) is 31.4 Å². The first kappa shape index (κ1) is 12.1. The second-order valence-corrected chi connectivity index (χ2v) is 5.17.